The Kier molecular flexibility index (Phi) is 7.07. The number of carbonyl (C=O) groups is 3. The van der Waals surface area contributed by atoms with Crippen molar-refractivity contribution in [3.8, 4) is 11.1 Å². The molecule has 2 aromatic carbocycles. The van der Waals surface area contributed by atoms with Gasteiger partial charge in [-0.25, -0.2) is 4.79 Å². The van der Waals surface area contributed by atoms with E-state index >= 15 is 0 Å². The maximum absolute atomic E-state index is 12.7. The number of ether oxygens (including phenoxy) is 1. The number of hydrogen-bond acceptors (Lipinski definition) is 4. The Hall–Kier alpha value is -3.61. The van der Waals surface area contributed by atoms with Gasteiger partial charge in [-0.2, -0.15) is 0 Å². The summed E-state index contributed by atoms with van der Waals surface area (Å²) in [7, 11) is 0. The molecule has 3 rings (SSSR count). The number of benzene rings is 2. The lowest BCUT2D eigenvalue weighted by atomic mass is 9.98. The monoisotopic (exact) mass is 422 g/mol. The van der Waals surface area contributed by atoms with Gasteiger partial charge in [0.2, 0.25) is 5.91 Å². The zero-order chi connectivity index (χ0) is 22.4. The first-order valence-electron chi connectivity index (χ1n) is 10.2. The Morgan fingerprint density at radius 3 is 2.23 bits per heavy atom. The van der Waals surface area contributed by atoms with Crippen LogP contribution in [0.25, 0.3) is 11.1 Å². The van der Waals surface area contributed by atoms with Gasteiger partial charge in [-0.15, -0.1) is 6.58 Å². The zero-order valence-electron chi connectivity index (χ0n) is 17.4. The third-order valence-electron chi connectivity index (χ3n) is 5.36. The lowest BCUT2D eigenvalue weighted by molar-refractivity contribution is -0.142. The molecule has 7 heteroatoms. The number of nitrogens with one attached hydrogen (secondary N) is 1. The van der Waals surface area contributed by atoms with Crippen molar-refractivity contribution in [3.63, 3.8) is 0 Å². The molecule has 31 heavy (non-hydrogen) atoms. The minimum atomic E-state index is -1.21. The van der Waals surface area contributed by atoms with Crippen molar-refractivity contribution in [2.45, 2.75) is 25.3 Å². The maximum Gasteiger partial charge on any atom is 0.407 e. The third-order valence-corrected chi connectivity index (χ3v) is 5.36. The molecule has 7 nitrogen and oxygen atoms in total. The molecule has 0 aromatic heterocycles. The standard InChI is InChI=1S/C24H26N2O5/c1-3-13-26(4-2)23(29)21(14-22(27)28)25-24(30)31-15-20-18-11-7-5-9-16(18)17-10-6-8-12-19(17)20/h3,5-12,20-21H,1,4,13-15H2,2H3,(H,25,30)(H,27,28). The molecule has 162 valence electrons. The number of amides is 2. The smallest absolute Gasteiger partial charge is 0.407 e. The molecule has 1 aliphatic rings. The highest BCUT2D eigenvalue weighted by molar-refractivity contribution is 5.89. The number of carbonyl (C=O) groups excluding carboxylic acids is 2. The van der Waals surface area contributed by atoms with Crippen molar-refractivity contribution < 1.29 is 24.2 Å². The SMILES string of the molecule is C=CCN(CC)C(=O)C(CC(=O)O)NC(=O)OCC1c2ccccc2-c2ccccc21. The fourth-order valence-electron chi connectivity index (χ4n) is 3.91. The van der Waals surface area contributed by atoms with Gasteiger partial charge in [0.1, 0.15) is 12.6 Å². The van der Waals surface area contributed by atoms with E-state index in [1.54, 1.807) is 13.0 Å². The third kappa shape index (κ3) is 4.94. The molecule has 2 N–H and O–H groups in total. The molecule has 2 amide bonds. The van der Waals surface area contributed by atoms with Crippen molar-refractivity contribution in [2.24, 2.45) is 0 Å². The minimum Gasteiger partial charge on any atom is -0.481 e. The number of carboxylic acids is 1. The summed E-state index contributed by atoms with van der Waals surface area (Å²) in [6, 6.07) is 14.7. The van der Waals surface area contributed by atoms with Crippen LogP contribution >= 0.6 is 0 Å². The van der Waals surface area contributed by atoms with E-state index < -0.39 is 30.4 Å². The lowest BCUT2D eigenvalue weighted by Crippen LogP contribution is -2.49. The molecule has 0 radical (unpaired) electrons. The van der Waals surface area contributed by atoms with E-state index in [-0.39, 0.29) is 19.1 Å². The van der Waals surface area contributed by atoms with Crippen molar-refractivity contribution in [1.82, 2.24) is 10.2 Å². The minimum absolute atomic E-state index is 0.0813. The number of rotatable bonds is 9. The van der Waals surface area contributed by atoms with E-state index in [2.05, 4.69) is 11.9 Å². The van der Waals surface area contributed by atoms with Crippen LogP contribution in [0.5, 0.6) is 0 Å². The number of likely N-dealkylation sites (N-methyl/N-ethyl adjacent to an activating group) is 1. The summed E-state index contributed by atoms with van der Waals surface area (Å²) in [5.41, 5.74) is 4.35. The molecule has 2 aromatic rings. The first-order chi connectivity index (χ1) is 15.0. The van der Waals surface area contributed by atoms with Crippen molar-refractivity contribution in [3.05, 3.63) is 72.3 Å². The van der Waals surface area contributed by atoms with Crippen LogP contribution in [-0.4, -0.2) is 53.7 Å². The highest BCUT2D eigenvalue weighted by Crippen LogP contribution is 2.44. The molecule has 1 unspecified atom stereocenters. The van der Waals surface area contributed by atoms with Crippen molar-refractivity contribution in [1.29, 1.82) is 0 Å². The summed E-state index contributed by atoms with van der Waals surface area (Å²) in [4.78, 5) is 37.8. The topological polar surface area (TPSA) is 95.9 Å². The predicted molar refractivity (Wildman–Crippen MR) is 117 cm³/mol. The van der Waals surface area contributed by atoms with Crippen LogP contribution in [-0.2, 0) is 14.3 Å². The largest absolute Gasteiger partial charge is 0.481 e. The van der Waals surface area contributed by atoms with E-state index in [1.807, 2.05) is 48.5 Å². The normalized spacial score (nSPS) is 12.9. The van der Waals surface area contributed by atoms with Crippen molar-refractivity contribution in [2.75, 3.05) is 19.7 Å². The van der Waals surface area contributed by atoms with E-state index in [9.17, 15) is 14.4 Å². The van der Waals surface area contributed by atoms with Gasteiger partial charge >= 0.3 is 12.1 Å². The Morgan fingerprint density at radius 2 is 1.71 bits per heavy atom. The zero-order valence-corrected chi connectivity index (χ0v) is 17.4. The van der Waals surface area contributed by atoms with Gasteiger partial charge in [-0.05, 0) is 29.2 Å². The molecule has 0 heterocycles. The van der Waals surface area contributed by atoms with Gasteiger partial charge in [0.15, 0.2) is 0 Å². The number of hydrogen-bond donors (Lipinski definition) is 2. The maximum atomic E-state index is 12.7. The quantitative estimate of drug-likeness (QED) is 0.604. The van der Waals surface area contributed by atoms with Gasteiger partial charge in [0.25, 0.3) is 0 Å². The highest BCUT2D eigenvalue weighted by atomic mass is 16.5. The summed E-state index contributed by atoms with van der Waals surface area (Å²) < 4.78 is 5.44. The van der Waals surface area contributed by atoms with Gasteiger partial charge in [-0.3, -0.25) is 9.59 Å². The van der Waals surface area contributed by atoms with Gasteiger partial charge in [0.05, 0.1) is 6.42 Å². The van der Waals surface area contributed by atoms with E-state index in [1.165, 1.54) is 4.90 Å². The lowest BCUT2D eigenvalue weighted by Gasteiger charge is -2.25. The van der Waals surface area contributed by atoms with Crippen LogP contribution in [0.4, 0.5) is 4.79 Å². The van der Waals surface area contributed by atoms with E-state index in [4.69, 9.17) is 9.84 Å². The number of nitrogens with zero attached hydrogens (tertiary/aromatic N) is 1. The van der Waals surface area contributed by atoms with Crippen molar-refractivity contribution >= 4 is 18.0 Å². The average Bonchev–Trinajstić information content (AvgIpc) is 3.08. The molecule has 0 spiro atoms. The first-order valence-corrected chi connectivity index (χ1v) is 10.2. The van der Waals surface area contributed by atoms with Crippen LogP contribution in [0.15, 0.2) is 61.2 Å². The van der Waals surface area contributed by atoms with Gasteiger partial charge in [0, 0.05) is 19.0 Å². The second-order valence-electron chi connectivity index (χ2n) is 7.29. The Morgan fingerprint density at radius 1 is 1.13 bits per heavy atom. The molecular weight excluding hydrogens is 396 g/mol. The van der Waals surface area contributed by atoms with Gasteiger partial charge in [-0.1, -0.05) is 54.6 Å². The van der Waals surface area contributed by atoms with Crippen LogP contribution in [0.2, 0.25) is 0 Å². The molecule has 0 saturated carbocycles. The molecule has 1 aliphatic carbocycles. The molecular formula is C24H26N2O5. The Bertz CT molecular complexity index is 942. The fourth-order valence-corrected chi connectivity index (χ4v) is 3.91. The Balaban J connectivity index is 1.70. The summed E-state index contributed by atoms with van der Waals surface area (Å²) in [6.07, 6.45) is 0.194. The summed E-state index contributed by atoms with van der Waals surface area (Å²) in [5.74, 6) is -1.80. The molecule has 0 bridgehead atoms. The van der Waals surface area contributed by atoms with Crippen LogP contribution in [0.3, 0.4) is 0 Å². The molecule has 1 atom stereocenters. The summed E-state index contributed by atoms with van der Waals surface area (Å²) in [5, 5.41) is 11.6. The predicted octanol–water partition coefficient (Wildman–Crippen LogP) is 3.40. The van der Waals surface area contributed by atoms with Gasteiger partial charge < -0.3 is 20.1 Å². The number of aliphatic carboxylic acids is 1. The summed E-state index contributed by atoms with van der Waals surface area (Å²) >= 11 is 0. The van der Waals surface area contributed by atoms with E-state index in [0.29, 0.717) is 6.54 Å². The fraction of sp³-hybridized carbons (Fsp3) is 0.292. The van der Waals surface area contributed by atoms with Crippen LogP contribution in [0, 0.1) is 0 Å². The number of alkyl carbamates (subject to hydrolysis) is 1. The Labute approximate surface area is 181 Å². The highest BCUT2D eigenvalue weighted by Gasteiger charge is 2.31. The second kappa shape index (κ2) is 9.93. The van der Waals surface area contributed by atoms with E-state index in [0.717, 1.165) is 22.3 Å². The number of fused-ring (bicyclic) bond motifs is 3. The summed E-state index contributed by atoms with van der Waals surface area (Å²) in [6.45, 7) is 6.08. The number of carboxylic acid groups (broad SMARTS) is 1. The first kappa shape index (κ1) is 22.1. The van der Waals surface area contributed by atoms with Crippen LogP contribution < -0.4 is 5.32 Å². The molecule has 0 fully saturated rings. The van der Waals surface area contributed by atoms with Crippen LogP contribution in [0.1, 0.15) is 30.4 Å². The average molecular weight is 422 g/mol. The molecule has 0 saturated heterocycles. The molecule has 0 aliphatic heterocycles. The second-order valence-corrected chi connectivity index (χ2v) is 7.29.